The number of thiazole rings is 1. The molecule has 1 aromatic carbocycles. The van der Waals surface area contributed by atoms with Gasteiger partial charge in [0, 0.05) is 29.4 Å². The van der Waals surface area contributed by atoms with Gasteiger partial charge >= 0.3 is 0 Å². The molecule has 0 aliphatic heterocycles. The van der Waals surface area contributed by atoms with Gasteiger partial charge in [-0.1, -0.05) is 0 Å². The first-order valence-corrected chi connectivity index (χ1v) is 8.14. The van der Waals surface area contributed by atoms with Gasteiger partial charge in [-0.2, -0.15) is 0 Å². The molecular weight excluding hydrogens is 312 g/mol. The molecule has 2 heterocycles. The number of hydrogen-bond donors (Lipinski definition) is 4. The summed E-state index contributed by atoms with van der Waals surface area (Å²) in [5.41, 5.74) is 2.98. The van der Waals surface area contributed by atoms with Crippen LogP contribution in [0.2, 0.25) is 0 Å². The van der Waals surface area contributed by atoms with E-state index in [1.54, 1.807) is 12.1 Å². The third-order valence-electron chi connectivity index (χ3n) is 3.69. The van der Waals surface area contributed by atoms with Crippen LogP contribution in [0.4, 0.5) is 5.13 Å². The maximum absolute atomic E-state index is 11.1. The molecular formula is C16H18N4O2S. The van der Waals surface area contributed by atoms with Crippen molar-refractivity contribution in [1.29, 1.82) is 0 Å². The quantitative estimate of drug-likeness (QED) is 0.579. The van der Waals surface area contributed by atoms with Gasteiger partial charge in [-0.05, 0) is 37.2 Å². The molecule has 1 amide bonds. The van der Waals surface area contributed by atoms with Gasteiger partial charge in [0.1, 0.15) is 5.75 Å². The van der Waals surface area contributed by atoms with Crippen LogP contribution in [0.15, 0.2) is 29.8 Å². The molecule has 2 aromatic heterocycles. The fourth-order valence-electron chi connectivity index (χ4n) is 2.56. The standard InChI is InChI=1S/C16H18N4O2S/c1-9(21)19-16-20-15(8-23-16)14(17-2)5-10-7-18-13-4-3-11(22)6-12(10)13/h3-4,6-8,14,17-18,22H,5H2,1-2H3,(H,19,20,21)/t14-/m0/s1. The van der Waals surface area contributed by atoms with Gasteiger partial charge in [0.15, 0.2) is 5.13 Å². The number of aromatic hydroxyl groups is 1. The average molecular weight is 330 g/mol. The number of benzene rings is 1. The van der Waals surface area contributed by atoms with E-state index in [1.165, 1.54) is 18.3 Å². The fourth-order valence-corrected chi connectivity index (χ4v) is 3.37. The molecule has 0 aliphatic rings. The summed E-state index contributed by atoms with van der Waals surface area (Å²) in [7, 11) is 1.88. The molecule has 3 rings (SSSR count). The largest absolute Gasteiger partial charge is 0.508 e. The summed E-state index contributed by atoms with van der Waals surface area (Å²) in [6, 6.07) is 5.31. The molecule has 0 saturated heterocycles. The lowest BCUT2D eigenvalue weighted by Gasteiger charge is -2.13. The van der Waals surface area contributed by atoms with Crippen molar-refractivity contribution in [2.75, 3.05) is 12.4 Å². The number of phenols is 1. The highest BCUT2D eigenvalue weighted by molar-refractivity contribution is 7.13. The van der Waals surface area contributed by atoms with Gasteiger partial charge in [0.25, 0.3) is 0 Å². The second kappa shape index (κ2) is 6.39. The molecule has 0 spiro atoms. The molecule has 0 bridgehead atoms. The first-order chi connectivity index (χ1) is 11.1. The Kier molecular flexibility index (Phi) is 4.31. The number of carbonyl (C=O) groups excluding carboxylic acids is 1. The number of anilines is 1. The van der Waals surface area contributed by atoms with E-state index in [1.807, 2.05) is 24.7 Å². The third kappa shape index (κ3) is 3.35. The normalized spacial score (nSPS) is 12.4. The number of H-pyrrole nitrogens is 1. The maximum atomic E-state index is 11.1. The smallest absolute Gasteiger partial charge is 0.223 e. The lowest BCUT2D eigenvalue weighted by Crippen LogP contribution is -2.19. The number of aromatic nitrogens is 2. The monoisotopic (exact) mass is 330 g/mol. The second-order valence-corrected chi connectivity index (χ2v) is 6.21. The molecule has 0 fully saturated rings. The predicted octanol–water partition coefficient (Wildman–Crippen LogP) is 2.79. The number of fused-ring (bicyclic) bond motifs is 1. The van der Waals surface area contributed by atoms with Gasteiger partial charge < -0.3 is 20.7 Å². The summed E-state index contributed by atoms with van der Waals surface area (Å²) in [5, 5.41) is 19.2. The molecule has 3 aromatic rings. The van der Waals surface area contributed by atoms with Crippen LogP contribution < -0.4 is 10.6 Å². The highest BCUT2D eigenvalue weighted by Gasteiger charge is 2.16. The molecule has 4 N–H and O–H groups in total. The zero-order valence-electron chi connectivity index (χ0n) is 12.9. The molecule has 0 unspecified atom stereocenters. The molecule has 7 heteroatoms. The van der Waals surface area contributed by atoms with Crippen molar-refractivity contribution in [3.63, 3.8) is 0 Å². The summed E-state index contributed by atoms with van der Waals surface area (Å²) < 4.78 is 0. The lowest BCUT2D eigenvalue weighted by molar-refractivity contribution is -0.114. The highest BCUT2D eigenvalue weighted by Crippen LogP contribution is 2.28. The fraction of sp³-hybridized carbons (Fsp3) is 0.250. The maximum Gasteiger partial charge on any atom is 0.223 e. The number of phenolic OH excluding ortho intramolecular Hbond substituents is 1. The minimum atomic E-state index is -0.126. The minimum Gasteiger partial charge on any atom is -0.508 e. The first-order valence-electron chi connectivity index (χ1n) is 7.26. The lowest BCUT2D eigenvalue weighted by atomic mass is 10.0. The van der Waals surface area contributed by atoms with E-state index in [0.29, 0.717) is 5.13 Å². The van der Waals surface area contributed by atoms with E-state index in [-0.39, 0.29) is 17.7 Å². The van der Waals surface area contributed by atoms with Crippen molar-refractivity contribution in [1.82, 2.24) is 15.3 Å². The summed E-state index contributed by atoms with van der Waals surface area (Å²) in [6.45, 7) is 1.47. The molecule has 120 valence electrons. The Balaban J connectivity index is 1.84. The second-order valence-electron chi connectivity index (χ2n) is 5.35. The van der Waals surface area contributed by atoms with Crippen molar-refractivity contribution in [3.05, 3.63) is 41.0 Å². The van der Waals surface area contributed by atoms with E-state index in [0.717, 1.165) is 28.6 Å². The Morgan fingerprint density at radius 2 is 2.30 bits per heavy atom. The highest BCUT2D eigenvalue weighted by atomic mass is 32.1. The Morgan fingerprint density at radius 1 is 1.48 bits per heavy atom. The number of nitrogens with zero attached hydrogens (tertiary/aromatic N) is 1. The topological polar surface area (TPSA) is 90.0 Å². The van der Waals surface area contributed by atoms with Gasteiger partial charge in [0.2, 0.25) is 5.91 Å². The summed E-state index contributed by atoms with van der Waals surface area (Å²) in [4.78, 5) is 18.8. The number of carbonyl (C=O) groups is 1. The van der Waals surface area contributed by atoms with Gasteiger partial charge in [-0.3, -0.25) is 4.79 Å². The van der Waals surface area contributed by atoms with Crippen molar-refractivity contribution < 1.29 is 9.90 Å². The van der Waals surface area contributed by atoms with E-state index >= 15 is 0 Å². The van der Waals surface area contributed by atoms with Crippen molar-refractivity contribution in [2.24, 2.45) is 0 Å². The Bertz CT molecular complexity index is 840. The number of aromatic amines is 1. The van der Waals surface area contributed by atoms with Crippen LogP contribution in [-0.2, 0) is 11.2 Å². The van der Waals surface area contributed by atoms with Crippen molar-refractivity contribution >= 4 is 33.3 Å². The molecule has 1 atom stereocenters. The first kappa shape index (κ1) is 15.5. The van der Waals surface area contributed by atoms with E-state index in [9.17, 15) is 9.90 Å². The molecule has 0 radical (unpaired) electrons. The zero-order chi connectivity index (χ0) is 16.4. The number of amides is 1. The number of nitrogens with one attached hydrogen (secondary N) is 3. The molecule has 0 aliphatic carbocycles. The SMILES string of the molecule is CN[C@@H](Cc1c[nH]c2ccc(O)cc12)c1csc(NC(C)=O)n1. The van der Waals surface area contributed by atoms with Gasteiger partial charge in [-0.25, -0.2) is 4.98 Å². The van der Waals surface area contributed by atoms with Crippen LogP contribution in [-0.4, -0.2) is 28.0 Å². The van der Waals surface area contributed by atoms with Crippen LogP contribution >= 0.6 is 11.3 Å². The molecule has 23 heavy (non-hydrogen) atoms. The van der Waals surface area contributed by atoms with Crippen molar-refractivity contribution in [2.45, 2.75) is 19.4 Å². The Hall–Kier alpha value is -2.38. The van der Waals surface area contributed by atoms with Crippen molar-refractivity contribution in [3.8, 4) is 5.75 Å². The van der Waals surface area contributed by atoms with Crippen LogP contribution in [0, 0.1) is 0 Å². The van der Waals surface area contributed by atoms with E-state index in [2.05, 4.69) is 20.6 Å². The summed E-state index contributed by atoms with van der Waals surface area (Å²) >= 11 is 1.41. The van der Waals surface area contributed by atoms with Gasteiger partial charge in [0.05, 0.1) is 11.7 Å². The Labute approximate surface area is 137 Å². The average Bonchev–Trinajstić information content (AvgIpc) is 3.11. The zero-order valence-corrected chi connectivity index (χ0v) is 13.7. The van der Waals surface area contributed by atoms with Crippen LogP contribution in [0.1, 0.15) is 24.2 Å². The van der Waals surface area contributed by atoms with Gasteiger partial charge in [-0.15, -0.1) is 11.3 Å². The van der Waals surface area contributed by atoms with E-state index < -0.39 is 0 Å². The molecule has 0 saturated carbocycles. The third-order valence-corrected chi connectivity index (χ3v) is 4.46. The minimum absolute atomic E-state index is 0.0232. The van der Waals surface area contributed by atoms with Crippen LogP contribution in [0.5, 0.6) is 5.75 Å². The Morgan fingerprint density at radius 3 is 3.04 bits per heavy atom. The predicted molar refractivity (Wildman–Crippen MR) is 91.9 cm³/mol. The summed E-state index contributed by atoms with van der Waals surface area (Å²) in [5.74, 6) is 0.125. The van der Waals surface area contributed by atoms with Crippen LogP contribution in [0.25, 0.3) is 10.9 Å². The number of rotatable bonds is 5. The number of hydrogen-bond acceptors (Lipinski definition) is 5. The summed E-state index contributed by atoms with van der Waals surface area (Å²) in [6.07, 6.45) is 2.68. The molecule has 6 nitrogen and oxygen atoms in total. The van der Waals surface area contributed by atoms with E-state index in [4.69, 9.17) is 0 Å². The number of likely N-dealkylation sites (N-methyl/N-ethyl adjacent to an activating group) is 1. The van der Waals surface area contributed by atoms with Crippen LogP contribution in [0.3, 0.4) is 0 Å².